The van der Waals surface area contributed by atoms with Gasteiger partial charge in [-0.1, -0.05) is 20.8 Å². The Labute approximate surface area is 63.8 Å². The van der Waals surface area contributed by atoms with Gasteiger partial charge in [-0.15, -0.1) is 0 Å². The third-order valence-electron chi connectivity index (χ3n) is 2.56. The summed E-state index contributed by atoms with van der Waals surface area (Å²) in [5.41, 5.74) is 0. The summed E-state index contributed by atoms with van der Waals surface area (Å²) in [6, 6.07) is 0. The Kier molecular flexibility index (Phi) is 2.72. The van der Waals surface area contributed by atoms with Crippen molar-refractivity contribution in [1.29, 1.82) is 0 Å². The van der Waals surface area contributed by atoms with E-state index in [1.54, 1.807) is 0 Å². The van der Waals surface area contributed by atoms with Crippen molar-refractivity contribution in [2.45, 2.75) is 27.2 Å². The van der Waals surface area contributed by atoms with Gasteiger partial charge in [0.25, 0.3) is 0 Å². The molecule has 1 rings (SSSR count). The smallest absolute Gasteiger partial charge is 0.0494 e. The maximum absolute atomic E-state index is 5.36. The molecular formula is C9H18O. The Balaban J connectivity index is 2.40. The Morgan fingerprint density at radius 3 is 2.50 bits per heavy atom. The molecule has 0 N–H and O–H groups in total. The highest BCUT2D eigenvalue weighted by molar-refractivity contribution is 4.72. The minimum Gasteiger partial charge on any atom is -0.381 e. The van der Waals surface area contributed by atoms with E-state index in [0.29, 0.717) is 0 Å². The van der Waals surface area contributed by atoms with E-state index >= 15 is 0 Å². The summed E-state index contributed by atoms with van der Waals surface area (Å²) in [5, 5.41) is 0. The lowest BCUT2D eigenvalue weighted by Gasteiger charge is -2.31. The normalized spacial score (nSPS) is 34.8. The van der Waals surface area contributed by atoms with Crippen LogP contribution in [0, 0.1) is 17.8 Å². The highest BCUT2D eigenvalue weighted by Gasteiger charge is 2.23. The summed E-state index contributed by atoms with van der Waals surface area (Å²) in [6.45, 7) is 8.87. The van der Waals surface area contributed by atoms with Crippen molar-refractivity contribution in [2.75, 3.05) is 13.2 Å². The zero-order valence-corrected chi connectivity index (χ0v) is 7.26. The van der Waals surface area contributed by atoms with Crippen LogP contribution in [0.5, 0.6) is 0 Å². The third kappa shape index (κ3) is 1.72. The average Bonchev–Trinajstić information content (AvgIpc) is 1.88. The summed E-state index contributed by atoms with van der Waals surface area (Å²) in [4.78, 5) is 0. The van der Waals surface area contributed by atoms with Crippen molar-refractivity contribution < 1.29 is 4.74 Å². The van der Waals surface area contributed by atoms with E-state index in [1.807, 2.05) is 0 Å². The summed E-state index contributed by atoms with van der Waals surface area (Å²) >= 11 is 0. The Hall–Kier alpha value is -0.0400. The van der Waals surface area contributed by atoms with Gasteiger partial charge in [-0.25, -0.2) is 0 Å². The van der Waals surface area contributed by atoms with E-state index in [2.05, 4.69) is 20.8 Å². The van der Waals surface area contributed by atoms with Gasteiger partial charge in [0.1, 0.15) is 0 Å². The van der Waals surface area contributed by atoms with Crippen LogP contribution in [0.15, 0.2) is 0 Å². The molecule has 0 unspecified atom stereocenters. The van der Waals surface area contributed by atoms with Crippen LogP contribution >= 0.6 is 0 Å². The first-order valence-corrected chi connectivity index (χ1v) is 4.29. The molecule has 0 amide bonds. The molecule has 1 heteroatoms. The van der Waals surface area contributed by atoms with Crippen LogP contribution < -0.4 is 0 Å². The summed E-state index contributed by atoms with van der Waals surface area (Å²) in [7, 11) is 0. The highest BCUT2D eigenvalue weighted by atomic mass is 16.5. The van der Waals surface area contributed by atoms with Gasteiger partial charge in [0.2, 0.25) is 0 Å². The molecule has 10 heavy (non-hydrogen) atoms. The molecule has 1 nitrogen and oxygen atoms in total. The van der Waals surface area contributed by atoms with Gasteiger partial charge in [-0.3, -0.25) is 0 Å². The topological polar surface area (TPSA) is 9.23 Å². The Morgan fingerprint density at radius 1 is 1.40 bits per heavy atom. The van der Waals surface area contributed by atoms with Crippen molar-refractivity contribution in [3.8, 4) is 0 Å². The first-order valence-electron chi connectivity index (χ1n) is 4.29. The Bertz CT molecular complexity index is 98.9. The fourth-order valence-corrected chi connectivity index (χ4v) is 1.89. The van der Waals surface area contributed by atoms with Gasteiger partial charge in [0.05, 0.1) is 0 Å². The molecule has 0 aromatic heterocycles. The number of rotatable bonds is 1. The van der Waals surface area contributed by atoms with E-state index in [9.17, 15) is 0 Å². The maximum Gasteiger partial charge on any atom is 0.0494 e. The maximum atomic E-state index is 5.36. The number of hydrogen-bond acceptors (Lipinski definition) is 1. The molecule has 2 atom stereocenters. The lowest BCUT2D eigenvalue weighted by Crippen LogP contribution is -2.28. The third-order valence-corrected chi connectivity index (χ3v) is 2.56. The summed E-state index contributed by atoms with van der Waals surface area (Å²) < 4.78 is 5.36. The van der Waals surface area contributed by atoms with Crippen LogP contribution in [0.4, 0.5) is 0 Å². The minimum atomic E-state index is 0.772. The second-order valence-corrected chi connectivity index (χ2v) is 3.75. The lowest BCUT2D eigenvalue weighted by atomic mass is 9.81. The monoisotopic (exact) mass is 142 g/mol. The fourth-order valence-electron chi connectivity index (χ4n) is 1.89. The number of ether oxygens (including phenoxy) is 1. The zero-order chi connectivity index (χ0) is 7.56. The quantitative estimate of drug-likeness (QED) is 0.546. The zero-order valence-electron chi connectivity index (χ0n) is 7.26. The standard InChI is InChI=1S/C9H18O/c1-7(2)9-4-5-10-6-8(9)3/h7-9H,4-6H2,1-3H3/t8-,9+/m0/s1. The van der Waals surface area contributed by atoms with Crippen LogP contribution in [-0.4, -0.2) is 13.2 Å². The van der Waals surface area contributed by atoms with Crippen LogP contribution in [0.25, 0.3) is 0 Å². The van der Waals surface area contributed by atoms with E-state index in [0.717, 1.165) is 31.0 Å². The molecule has 0 aromatic rings. The van der Waals surface area contributed by atoms with Crippen LogP contribution in [0.3, 0.4) is 0 Å². The molecule has 0 bridgehead atoms. The van der Waals surface area contributed by atoms with E-state index < -0.39 is 0 Å². The fraction of sp³-hybridized carbons (Fsp3) is 1.00. The molecule has 0 radical (unpaired) electrons. The lowest BCUT2D eigenvalue weighted by molar-refractivity contribution is 0.00874. The largest absolute Gasteiger partial charge is 0.381 e. The summed E-state index contributed by atoms with van der Waals surface area (Å²) in [6.07, 6.45) is 1.26. The van der Waals surface area contributed by atoms with Crippen molar-refractivity contribution in [3.63, 3.8) is 0 Å². The molecule has 0 aromatic carbocycles. The second-order valence-electron chi connectivity index (χ2n) is 3.75. The SMILES string of the molecule is CC(C)[C@H]1CCOC[C@@H]1C. The van der Waals surface area contributed by atoms with Crippen LogP contribution in [0.1, 0.15) is 27.2 Å². The predicted octanol–water partition coefficient (Wildman–Crippen LogP) is 2.32. The molecule has 1 saturated heterocycles. The molecule has 0 saturated carbocycles. The molecule has 1 aliphatic heterocycles. The van der Waals surface area contributed by atoms with Crippen LogP contribution in [0.2, 0.25) is 0 Å². The van der Waals surface area contributed by atoms with Crippen molar-refractivity contribution >= 4 is 0 Å². The van der Waals surface area contributed by atoms with E-state index in [4.69, 9.17) is 4.74 Å². The van der Waals surface area contributed by atoms with Gasteiger partial charge in [0, 0.05) is 13.2 Å². The Morgan fingerprint density at radius 2 is 2.10 bits per heavy atom. The first-order chi connectivity index (χ1) is 4.72. The first kappa shape index (κ1) is 8.06. The molecule has 0 spiro atoms. The van der Waals surface area contributed by atoms with Crippen LogP contribution in [-0.2, 0) is 4.74 Å². The van der Waals surface area contributed by atoms with Crippen molar-refractivity contribution in [1.82, 2.24) is 0 Å². The molecule has 1 aliphatic rings. The average molecular weight is 142 g/mol. The van der Waals surface area contributed by atoms with Crippen molar-refractivity contribution in [2.24, 2.45) is 17.8 Å². The molecule has 1 fully saturated rings. The van der Waals surface area contributed by atoms with Gasteiger partial charge in [-0.2, -0.15) is 0 Å². The van der Waals surface area contributed by atoms with Gasteiger partial charge in [-0.05, 0) is 24.2 Å². The van der Waals surface area contributed by atoms with Crippen molar-refractivity contribution in [3.05, 3.63) is 0 Å². The van der Waals surface area contributed by atoms with Gasteiger partial charge >= 0.3 is 0 Å². The highest BCUT2D eigenvalue weighted by Crippen LogP contribution is 2.27. The second kappa shape index (κ2) is 3.38. The van der Waals surface area contributed by atoms with Gasteiger partial charge < -0.3 is 4.74 Å². The van der Waals surface area contributed by atoms with E-state index in [1.165, 1.54) is 6.42 Å². The van der Waals surface area contributed by atoms with Gasteiger partial charge in [0.15, 0.2) is 0 Å². The predicted molar refractivity (Wildman–Crippen MR) is 42.9 cm³/mol. The minimum absolute atomic E-state index is 0.772. The molecular weight excluding hydrogens is 124 g/mol. The van der Waals surface area contributed by atoms with E-state index in [-0.39, 0.29) is 0 Å². The number of hydrogen-bond donors (Lipinski definition) is 0. The summed E-state index contributed by atoms with van der Waals surface area (Å²) in [5.74, 6) is 2.50. The molecule has 0 aliphatic carbocycles. The molecule has 1 heterocycles. The molecule has 60 valence electrons.